The van der Waals surface area contributed by atoms with Crippen molar-refractivity contribution in [3.8, 4) is 0 Å². The molecule has 0 bridgehead atoms. The minimum atomic E-state index is 0.114. The zero-order valence-corrected chi connectivity index (χ0v) is 16.3. The summed E-state index contributed by atoms with van der Waals surface area (Å²) in [5.74, 6) is 1.96. The molecule has 144 valence electrons. The first-order valence-electron chi connectivity index (χ1n) is 9.34. The standard InChI is InChI=1S/C18H30N6O2/c1-14-11-24(12-15(2)26-14)18(25)13-22-7-9-23(10-8-22)17-6-5-16(19-20-17)21(3)4/h5-6,14-15H,7-13H2,1-4H3. The molecule has 2 aliphatic rings. The molecule has 26 heavy (non-hydrogen) atoms. The van der Waals surface area contributed by atoms with E-state index in [1.807, 2.05) is 49.9 Å². The number of morpholine rings is 1. The molecule has 8 heteroatoms. The number of nitrogens with zero attached hydrogens (tertiary/aromatic N) is 6. The van der Waals surface area contributed by atoms with E-state index in [0.717, 1.165) is 37.8 Å². The third-order valence-electron chi connectivity index (χ3n) is 4.92. The van der Waals surface area contributed by atoms with Crippen molar-refractivity contribution >= 4 is 17.5 Å². The fourth-order valence-electron chi connectivity index (χ4n) is 3.53. The number of anilines is 2. The molecule has 0 spiro atoms. The molecule has 0 N–H and O–H groups in total. The van der Waals surface area contributed by atoms with E-state index in [4.69, 9.17) is 4.74 Å². The Kier molecular flexibility index (Phi) is 5.93. The number of aromatic nitrogens is 2. The largest absolute Gasteiger partial charge is 0.372 e. The molecule has 1 aromatic heterocycles. The molecule has 3 heterocycles. The molecule has 8 nitrogen and oxygen atoms in total. The van der Waals surface area contributed by atoms with Gasteiger partial charge in [0.25, 0.3) is 0 Å². The quantitative estimate of drug-likeness (QED) is 0.763. The summed E-state index contributed by atoms with van der Waals surface area (Å²) in [6.07, 6.45) is 0.228. The average Bonchev–Trinajstić information content (AvgIpc) is 2.61. The van der Waals surface area contributed by atoms with Crippen molar-refractivity contribution in [2.45, 2.75) is 26.1 Å². The summed E-state index contributed by atoms with van der Waals surface area (Å²) in [5, 5.41) is 8.57. The van der Waals surface area contributed by atoms with Crippen LogP contribution in [0, 0.1) is 0 Å². The maximum Gasteiger partial charge on any atom is 0.236 e. The first-order chi connectivity index (χ1) is 12.4. The Morgan fingerprint density at radius 1 is 1.12 bits per heavy atom. The lowest BCUT2D eigenvalue weighted by Crippen LogP contribution is -2.54. The predicted molar refractivity (Wildman–Crippen MR) is 102 cm³/mol. The molecular formula is C18H30N6O2. The van der Waals surface area contributed by atoms with Gasteiger partial charge in [-0.25, -0.2) is 0 Å². The second-order valence-corrected chi connectivity index (χ2v) is 7.46. The van der Waals surface area contributed by atoms with Crippen LogP contribution in [0.15, 0.2) is 12.1 Å². The van der Waals surface area contributed by atoms with Gasteiger partial charge < -0.3 is 19.4 Å². The number of ether oxygens (including phenoxy) is 1. The van der Waals surface area contributed by atoms with Gasteiger partial charge in [0, 0.05) is 53.4 Å². The molecule has 1 aromatic rings. The number of hydrogen-bond donors (Lipinski definition) is 0. The lowest BCUT2D eigenvalue weighted by atomic mass is 10.2. The van der Waals surface area contributed by atoms with Crippen LogP contribution in [0.3, 0.4) is 0 Å². The maximum absolute atomic E-state index is 12.6. The summed E-state index contributed by atoms with van der Waals surface area (Å²) >= 11 is 0. The lowest BCUT2D eigenvalue weighted by molar-refractivity contribution is -0.144. The van der Waals surface area contributed by atoms with Gasteiger partial charge in [0.05, 0.1) is 18.8 Å². The zero-order chi connectivity index (χ0) is 18.7. The molecule has 1 amide bonds. The van der Waals surface area contributed by atoms with Gasteiger partial charge in [0.1, 0.15) is 0 Å². The van der Waals surface area contributed by atoms with Crippen LogP contribution in [-0.4, -0.2) is 98.0 Å². The van der Waals surface area contributed by atoms with E-state index in [9.17, 15) is 4.79 Å². The van der Waals surface area contributed by atoms with E-state index in [0.29, 0.717) is 19.6 Å². The van der Waals surface area contributed by atoms with Gasteiger partial charge in [0.15, 0.2) is 11.6 Å². The fourth-order valence-corrected chi connectivity index (χ4v) is 3.53. The molecule has 2 aliphatic heterocycles. The molecule has 0 aliphatic carbocycles. The Labute approximate surface area is 155 Å². The fraction of sp³-hybridized carbons (Fsp3) is 0.722. The third-order valence-corrected chi connectivity index (χ3v) is 4.92. The van der Waals surface area contributed by atoms with E-state index in [2.05, 4.69) is 20.0 Å². The third kappa shape index (κ3) is 4.62. The van der Waals surface area contributed by atoms with Gasteiger partial charge in [-0.1, -0.05) is 0 Å². The van der Waals surface area contributed by atoms with Gasteiger partial charge in [0.2, 0.25) is 5.91 Å². The topological polar surface area (TPSA) is 65.0 Å². The minimum Gasteiger partial charge on any atom is -0.372 e. The Bertz CT molecular complexity index is 590. The predicted octanol–water partition coefficient (Wildman–Crippen LogP) is 0.300. The molecule has 2 fully saturated rings. The smallest absolute Gasteiger partial charge is 0.236 e. The summed E-state index contributed by atoms with van der Waals surface area (Å²) < 4.78 is 5.71. The molecule has 2 unspecified atom stereocenters. The van der Waals surface area contributed by atoms with Crippen molar-refractivity contribution in [1.29, 1.82) is 0 Å². The van der Waals surface area contributed by atoms with Crippen LogP contribution in [0.25, 0.3) is 0 Å². The second kappa shape index (κ2) is 8.18. The van der Waals surface area contributed by atoms with Crippen molar-refractivity contribution in [2.75, 3.05) is 69.7 Å². The van der Waals surface area contributed by atoms with Gasteiger partial charge in [-0.2, -0.15) is 0 Å². The van der Waals surface area contributed by atoms with Crippen LogP contribution in [0.5, 0.6) is 0 Å². The van der Waals surface area contributed by atoms with Gasteiger partial charge in [-0.3, -0.25) is 9.69 Å². The van der Waals surface area contributed by atoms with Crippen LogP contribution >= 0.6 is 0 Å². The number of piperazine rings is 1. The highest BCUT2D eigenvalue weighted by Crippen LogP contribution is 2.16. The monoisotopic (exact) mass is 362 g/mol. The number of hydrogen-bond acceptors (Lipinski definition) is 7. The van der Waals surface area contributed by atoms with Crippen molar-refractivity contribution in [1.82, 2.24) is 20.0 Å². The highest BCUT2D eigenvalue weighted by atomic mass is 16.5. The minimum absolute atomic E-state index is 0.114. The van der Waals surface area contributed by atoms with Gasteiger partial charge in [-0.15, -0.1) is 10.2 Å². The van der Waals surface area contributed by atoms with Crippen molar-refractivity contribution in [2.24, 2.45) is 0 Å². The zero-order valence-electron chi connectivity index (χ0n) is 16.3. The number of carbonyl (C=O) groups is 1. The Hall–Kier alpha value is -1.93. The van der Waals surface area contributed by atoms with Gasteiger partial charge in [-0.05, 0) is 26.0 Å². The molecule has 0 radical (unpaired) electrons. The van der Waals surface area contributed by atoms with Crippen LogP contribution in [0.2, 0.25) is 0 Å². The summed E-state index contributed by atoms with van der Waals surface area (Å²) in [6, 6.07) is 4.00. The van der Waals surface area contributed by atoms with Crippen LogP contribution < -0.4 is 9.80 Å². The van der Waals surface area contributed by atoms with Gasteiger partial charge >= 0.3 is 0 Å². The second-order valence-electron chi connectivity index (χ2n) is 7.46. The van der Waals surface area contributed by atoms with Crippen LogP contribution in [0.4, 0.5) is 11.6 Å². The lowest BCUT2D eigenvalue weighted by Gasteiger charge is -2.38. The Morgan fingerprint density at radius 2 is 1.77 bits per heavy atom. The van der Waals surface area contributed by atoms with E-state index < -0.39 is 0 Å². The maximum atomic E-state index is 12.6. The van der Waals surface area contributed by atoms with Crippen molar-refractivity contribution in [3.63, 3.8) is 0 Å². The molecule has 3 rings (SSSR count). The Morgan fingerprint density at radius 3 is 2.31 bits per heavy atom. The first kappa shape index (κ1) is 18.8. The normalized spacial score (nSPS) is 24.6. The molecule has 0 saturated carbocycles. The highest BCUT2D eigenvalue weighted by Gasteiger charge is 2.28. The number of carbonyl (C=O) groups excluding carboxylic acids is 1. The molecule has 2 atom stereocenters. The molecule has 2 saturated heterocycles. The van der Waals surface area contributed by atoms with E-state index in [-0.39, 0.29) is 18.1 Å². The van der Waals surface area contributed by atoms with Crippen molar-refractivity contribution in [3.05, 3.63) is 12.1 Å². The van der Waals surface area contributed by atoms with Crippen LogP contribution in [0.1, 0.15) is 13.8 Å². The van der Waals surface area contributed by atoms with E-state index in [1.54, 1.807) is 0 Å². The number of rotatable bonds is 4. The average molecular weight is 362 g/mol. The summed E-state index contributed by atoms with van der Waals surface area (Å²) in [6.45, 7) is 9.36. The van der Waals surface area contributed by atoms with Crippen LogP contribution in [-0.2, 0) is 9.53 Å². The molecule has 0 aromatic carbocycles. The first-order valence-corrected chi connectivity index (χ1v) is 9.34. The summed E-state index contributed by atoms with van der Waals surface area (Å²) in [7, 11) is 3.91. The molecular weight excluding hydrogens is 332 g/mol. The van der Waals surface area contributed by atoms with E-state index in [1.165, 1.54) is 0 Å². The summed E-state index contributed by atoms with van der Waals surface area (Å²) in [4.78, 5) is 20.9. The Balaban J connectivity index is 1.48. The van der Waals surface area contributed by atoms with Crippen molar-refractivity contribution < 1.29 is 9.53 Å². The van der Waals surface area contributed by atoms with E-state index >= 15 is 0 Å². The summed E-state index contributed by atoms with van der Waals surface area (Å²) in [5.41, 5.74) is 0. The SMILES string of the molecule is CC1CN(C(=O)CN2CCN(c3ccc(N(C)C)nn3)CC2)CC(C)O1. The number of amides is 1. The highest BCUT2D eigenvalue weighted by molar-refractivity contribution is 5.78.